The molecule has 1 aliphatic heterocycles. The van der Waals surface area contributed by atoms with Crippen molar-refractivity contribution in [2.75, 3.05) is 31.1 Å². The summed E-state index contributed by atoms with van der Waals surface area (Å²) in [5.41, 5.74) is 0.381. The Morgan fingerprint density at radius 2 is 1.81 bits per heavy atom. The van der Waals surface area contributed by atoms with E-state index in [2.05, 4.69) is 14.9 Å². The van der Waals surface area contributed by atoms with Crippen LogP contribution in [0.4, 0.5) is 15.9 Å². The highest BCUT2D eigenvalue weighted by Gasteiger charge is 2.28. The fraction of sp³-hybridized carbons (Fsp3) is 0.320. The summed E-state index contributed by atoms with van der Waals surface area (Å²) in [7, 11) is 0. The van der Waals surface area contributed by atoms with E-state index in [1.807, 2.05) is 32.9 Å². The van der Waals surface area contributed by atoms with E-state index >= 15 is 0 Å². The zero-order valence-electron chi connectivity index (χ0n) is 20.2. The van der Waals surface area contributed by atoms with Gasteiger partial charge in [-0.3, -0.25) is 15.1 Å². The van der Waals surface area contributed by atoms with E-state index in [9.17, 15) is 19.3 Å². The molecule has 4 rings (SSSR count). The number of nitro benzene ring substituents is 1. The first-order valence-electron chi connectivity index (χ1n) is 11.4. The molecule has 188 valence electrons. The maximum absolute atomic E-state index is 14.4. The Labute approximate surface area is 207 Å². The Bertz CT molecular complexity index is 1250. The van der Waals surface area contributed by atoms with Gasteiger partial charge in [-0.2, -0.15) is 0 Å². The Balaban J connectivity index is 1.44. The number of carbonyl (C=O) groups excluding carboxylic acids is 1. The van der Waals surface area contributed by atoms with Crippen LogP contribution in [0.2, 0.25) is 0 Å². The Morgan fingerprint density at radius 3 is 2.42 bits per heavy atom. The maximum Gasteiger partial charge on any atom is 0.330 e. The molecular formula is C25H26FN5O5. The van der Waals surface area contributed by atoms with Crippen molar-refractivity contribution in [3.8, 4) is 22.6 Å². The van der Waals surface area contributed by atoms with Gasteiger partial charge in [-0.25, -0.2) is 14.2 Å². The molecule has 0 spiro atoms. The van der Waals surface area contributed by atoms with E-state index in [0.29, 0.717) is 43.1 Å². The van der Waals surface area contributed by atoms with Crippen molar-refractivity contribution in [1.29, 1.82) is 0 Å². The lowest BCUT2D eigenvalue weighted by atomic mass is 9.98. The van der Waals surface area contributed by atoms with Crippen molar-refractivity contribution in [2.24, 2.45) is 5.41 Å². The average Bonchev–Trinajstić information content (AvgIpc) is 2.85. The molecule has 3 aromatic rings. The predicted molar refractivity (Wildman–Crippen MR) is 130 cm³/mol. The first-order chi connectivity index (χ1) is 17.1. The SMILES string of the molecule is CC(C)(C)C(=O)ON1CCN(c2ccc(-c3cnccc3Oc3ccc([N+](=O)[O-])cc3F)cn2)CC1. The Morgan fingerprint density at radius 1 is 1.06 bits per heavy atom. The van der Waals surface area contributed by atoms with E-state index in [1.54, 1.807) is 23.5 Å². The van der Waals surface area contributed by atoms with Crippen LogP contribution in [0.5, 0.6) is 11.5 Å². The molecule has 1 fully saturated rings. The second kappa shape index (κ2) is 10.2. The summed E-state index contributed by atoms with van der Waals surface area (Å²) in [6, 6.07) is 8.54. The van der Waals surface area contributed by atoms with Gasteiger partial charge in [0.1, 0.15) is 11.6 Å². The third kappa shape index (κ3) is 5.74. The number of piperazine rings is 1. The molecule has 0 aliphatic carbocycles. The average molecular weight is 496 g/mol. The van der Waals surface area contributed by atoms with Crippen LogP contribution in [0.3, 0.4) is 0 Å². The number of benzene rings is 1. The van der Waals surface area contributed by atoms with Crippen molar-refractivity contribution in [3.63, 3.8) is 0 Å². The monoisotopic (exact) mass is 495 g/mol. The van der Waals surface area contributed by atoms with Crippen molar-refractivity contribution < 1.29 is 23.7 Å². The predicted octanol–water partition coefficient (Wildman–Crippen LogP) is 4.61. The van der Waals surface area contributed by atoms with Crippen LogP contribution in [0.1, 0.15) is 20.8 Å². The van der Waals surface area contributed by atoms with Crippen LogP contribution in [0.15, 0.2) is 55.0 Å². The first-order valence-corrected chi connectivity index (χ1v) is 11.4. The Kier molecular flexibility index (Phi) is 7.11. The topological polar surface area (TPSA) is 111 Å². The van der Waals surface area contributed by atoms with Gasteiger partial charge in [0.15, 0.2) is 11.6 Å². The summed E-state index contributed by atoms with van der Waals surface area (Å²) in [6.45, 7) is 7.86. The van der Waals surface area contributed by atoms with Gasteiger partial charge in [-0.05, 0) is 45.0 Å². The number of carbonyl (C=O) groups is 1. The molecular weight excluding hydrogens is 469 g/mol. The molecule has 36 heavy (non-hydrogen) atoms. The molecule has 0 bridgehead atoms. The lowest BCUT2D eigenvalue weighted by Crippen LogP contribution is -2.48. The summed E-state index contributed by atoms with van der Waals surface area (Å²) >= 11 is 0. The van der Waals surface area contributed by atoms with Crippen molar-refractivity contribution in [1.82, 2.24) is 15.0 Å². The molecule has 0 amide bonds. The van der Waals surface area contributed by atoms with E-state index in [1.165, 1.54) is 18.3 Å². The molecule has 3 heterocycles. The van der Waals surface area contributed by atoms with Crippen LogP contribution in [0, 0.1) is 21.3 Å². The quantitative estimate of drug-likeness (QED) is 0.357. The fourth-order valence-corrected chi connectivity index (χ4v) is 3.49. The van der Waals surface area contributed by atoms with E-state index in [-0.39, 0.29) is 17.4 Å². The number of hydrogen-bond donors (Lipinski definition) is 0. The summed E-state index contributed by atoms with van der Waals surface area (Å²) in [5, 5.41) is 12.5. The zero-order valence-corrected chi connectivity index (χ0v) is 20.2. The summed E-state index contributed by atoms with van der Waals surface area (Å²) in [6.07, 6.45) is 4.77. The molecule has 1 saturated heterocycles. The molecule has 2 aromatic heterocycles. The van der Waals surface area contributed by atoms with Crippen LogP contribution >= 0.6 is 0 Å². The summed E-state index contributed by atoms with van der Waals surface area (Å²) < 4.78 is 20.1. The first kappa shape index (κ1) is 25.0. The molecule has 10 nitrogen and oxygen atoms in total. The minimum atomic E-state index is -0.840. The highest BCUT2D eigenvalue weighted by atomic mass is 19.1. The van der Waals surface area contributed by atoms with Crippen LogP contribution in [-0.2, 0) is 9.63 Å². The number of anilines is 1. The van der Waals surface area contributed by atoms with Gasteiger partial charge >= 0.3 is 5.97 Å². The third-order valence-electron chi connectivity index (χ3n) is 5.57. The third-order valence-corrected chi connectivity index (χ3v) is 5.57. The Hall–Kier alpha value is -4.12. The van der Waals surface area contributed by atoms with Crippen molar-refractivity contribution >= 4 is 17.5 Å². The largest absolute Gasteiger partial charge is 0.454 e. The molecule has 1 aromatic carbocycles. The number of rotatable bonds is 6. The number of nitro groups is 1. The van der Waals surface area contributed by atoms with Gasteiger partial charge in [0.05, 0.1) is 29.5 Å². The number of halogens is 1. The summed E-state index contributed by atoms with van der Waals surface area (Å²) in [4.78, 5) is 38.6. The number of pyridine rings is 2. The van der Waals surface area contributed by atoms with Gasteiger partial charge in [-0.1, -0.05) is 0 Å². The van der Waals surface area contributed by atoms with Crippen LogP contribution in [-0.4, -0.2) is 52.1 Å². The van der Waals surface area contributed by atoms with Crippen LogP contribution in [0.25, 0.3) is 11.1 Å². The number of hydroxylamine groups is 2. The molecule has 0 N–H and O–H groups in total. The lowest BCUT2D eigenvalue weighted by Gasteiger charge is -2.35. The second-order valence-corrected chi connectivity index (χ2v) is 9.30. The van der Waals surface area contributed by atoms with Gasteiger partial charge in [0.25, 0.3) is 5.69 Å². The zero-order chi connectivity index (χ0) is 25.9. The minimum Gasteiger partial charge on any atom is -0.454 e. The van der Waals surface area contributed by atoms with Crippen molar-refractivity contribution in [2.45, 2.75) is 20.8 Å². The van der Waals surface area contributed by atoms with E-state index < -0.39 is 16.2 Å². The molecule has 0 atom stereocenters. The standard InChI is InChI=1S/C25H26FN5O5/c1-25(2,3)24(32)36-30-12-10-29(11-13-30)23-7-4-17(15-28-23)19-16-27-9-8-21(19)35-22-6-5-18(31(33)34)14-20(22)26/h4-9,14-16H,10-13H2,1-3H3. The van der Waals surface area contributed by atoms with Gasteiger partial charge in [-0.15, -0.1) is 5.06 Å². The number of aromatic nitrogens is 2. The second-order valence-electron chi connectivity index (χ2n) is 9.30. The number of ether oxygens (including phenoxy) is 1. The molecule has 0 unspecified atom stereocenters. The van der Waals surface area contributed by atoms with Gasteiger partial charge in [0, 0.05) is 48.9 Å². The van der Waals surface area contributed by atoms with E-state index in [0.717, 1.165) is 11.9 Å². The molecule has 0 saturated carbocycles. The van der Waals surface area contributed by atoms with Crippen molar-refractivity contribution in [3.05, 3.63) is 70.9 Å². The van der Waals surface area contributed by atoms with E-state index in [4.69, 9.17) is 9.57 Å². The number of nitrogens with zero attached hydrogens (tertiary/aromatic N) is 5. The molecule has 11 heteroatoms. The highest BCUT2D eigenvalue weighted by Crippen LogP contribution is 2.34. The highest BCUT2D eigenvalue weighted by molar-refractivity contribution is 5.75. The molecule has 1 aliphatic rings. The summed E-state index contributed by atoms with van der Waals surface area (Å²) in [5.74, 6) is -0.133. The minimum absolute atomic E-state index is 0.136. The smallest absolute Gasteiger partial charge is 0.330 e. The maximum atomic E-state index is 14.4. The van der Waals surface area contributed by atoms with Gasteiger partial charge < -0.3 is 14.5 Å². The molecule has 0 radical (unpaired) electrons. The van der Waals surface area contributed by atoms with Crippen LogP contribution < -0.4 is 9.64 Å². The number of non-ortho nitro benzene ring substituents is 1. The normalized spacial score (nSPS) is 14.4. The number of hydrogen-bond acceptors (Lipinski definition) is 9. The lowest BCUT2D eigenvalue weighted by molar-refractivity contribution is -0.385. The fourth-order valence-electron chi connectivity index (χ4n) is 3.49. The van der Waals surface area contributed by atoms with Gasteiger partial charge in [0.2, 0.25) is 0 Å².